The Labute approximate surface area is 113 Å². The maximum atomic E-state index is 6.00. The van der Waals surface area contributed by atoms with Gasteiger partial charge < -0.3 is 5.73 Å². The number of benzene rings is 1. The van der Waals surface area contributed by atoms with Gasteiger partial charge in [0.05, 0.1) is 0 Å². The van der Waals surface area contributed by atoms with E-state index in [0.717, 1.165) is 5.69 Å². The number of hydrogen-bond acceptors (Lipinski definition) is 1. The van der Waals surface area contributed by atoms with E-state index < -0.39 is 0 Å². The molecule has 1 heteroatoms. The second-order valence-corrected chi connectivity index (χ2v) is 5.64. The Bertz CT molecular complexity index is 394. The van der Waals surface area contributed by atoms with Crippen LogP contribution < -0.4 is 5.73 Å². The van der Waals surface area contributed by atoms with Crippen molar-refractivity contribution in [1.29, 1.82) is 0 Å². The van der Waals surface area contributed by atoms with Crippen molar-refractivity contribution < 1.29 is 0 Å². The minimum atomic E-state index is 0.424. The van der Waals surface area contributed by atoms with Crippen LogP contribution in [0.2, 0.25) is 0 Å². The molecule has 102 valence electrons. The molecule has 1 aromatic carbocycles. The molecule has 2 N–H and O–H groups in total. The predicted molar refractivity (Wildman–Crippen MR) is 82.0 cm³/mol. The first-order valence-corrected chi connectivity index (χ1v) is 7.29. The molecule has 0 aliphatic carbocycles. The van der Waals surface area contributed by atoms with E-state index in [2.05, 4.69) is 53.7 Å². The largest absolute Gasteiger partial charge is 0.399 e. The SMILES string of the molecule is CCC(CC)(CC)C(C)c1ccc(N)c(C)c1C. The number of hydrogen-bond donors (Lipinski definition) is 1. The zero-order chi connectivity index (χ0) is 13.9. The molecule has 0 aromatic heterocycles. The summed E-state index contributed by atoms with van der Waals surface area (Å²) in [5.74, 6) is 0.594. The van der Waals surface area contributed by atoms with Crippen LogP contribution in [0.15, 0.2) is 12.1 Å². The summed E-state index contributed by atoms with van der Waals surface area (Å²) in [6.45, 7) is 13.7. The molecule has 0 bridgehead atoms. The third-order valence-electron chi connectivity index (χ3n) is 5.37. The van der Waals surface area contributed by atoms with Crippen LogP contribution >= 0.6 is 0 Å². The van der Waals surface area contributed by atoms with Gasteiger partial charge in [0.25, 0.3) is 0 Å². The van der Waals surface area contributed by atoms with E-state index in [1.807, 2.05) is 0 Å². The summed E-state index contributed by atoms with van der Waals surface area (Å²) in [4.78, 5) is 0. The van der Waals surface area contributed by atoms with E-state index in [-0.39, 0.29) is 0 Å². The lowest BCUT2D eigenvalue weighted by Gasteiger charge is -2.38. The Morgan fingerprint density at radius 1 is 1.00 bits per heavy atom. The molecule has 1 nitrogen and oxygen atoms in total. The zero-order valence-electron chi connectivity index (χ0n) is 12.9. The lowest BCUT2D eigenvalue weighted by molar-refractivity contribution is 0.201. The molecule has 0 saturated heterocycles. The standard InChI is InChI=1S/C17H29N/c1-7-17(8-2,9-3)14(6)15-10-11-16(18)13(5)12(15)4/h10-11,14H,7-9,18H2,1-6H3. The van der Waals surface area contributed by atoms with Gasteiger partial charge in [-0.3, -0.25) is 0 Å². The number of nitrogen functional groups attached to an aromatic ring is 1. The van der Waals surface area contributed by atoms with Crippen LogP contribution in [0.4, 0.5) is 5.69 Å². The molecule has 0 fully saturated rings. The fourth-order valence-electron chi connectivity index (χ4n) is 3.33. The highest BCUT2D eigenvalue weighted by Gasteiger charge is 2.32. The molecule has 0 spiro atoms. The van der Waals surface area contributed by atoms with Crippen molar-refractivity contribution in [3.8, 4) is 0 Å². The van der Waals surface area contributed by atoms with Crippen molar-refractivity contribution in [2.24, 2.45) is 5.41 Å². The third-order valence-corrected chi connectivity index (χ3v) is 5.37. The predicted octanol–water partition coefficient (Wildman–Crippen LogP) is 5.21. The molecule has 0 aliphatic rings. The summed E-state index contributed by atoms with van der Waals surface area (Å²) in [5.41, 5.74) is 11.4. The molecule has 0 heterocycles. The fraction of sp³-hybridized carbons (Fsp3) is 0.647. The summed E-state index contributed by atoms with van der Waals surface area (Å²) < 4.78 is 0. The van der Waals surface area contributed by atoms with E-state index in [1.165, 1.54) is 36.0 Å². The first-order chi connectivity index (χ1) is 8.43. The van der Waals surface area contributed by atoms with Crippen LogP contribution in [0.1, 0.15) is 69.6 Å². The zero-order valence-corrected chi connectivity index (χ0v) is 12.9. The minimum absolute atomic E-state index is 0.424. The van der Waals surface area contributed by atoms with Crippen molar-refractivity contribution >= 4 is 5.69 Å². The summed E-state index contributed by atoms with van der Waals surface area (Å²) >= 11 is 0. The monoisotopic (exact) mass is 247 g/mol. The van der Waals surface area contributed by atoms with E-state index >= 15 is 0 Å². The maximum Gasteiger partial charge on any atom is 0.0346 e. The second kappa shape index (κ2) is 5.77. The second-order valence-electron chi connectivity index (χ2n) is 5.64. The lowest BCUT2D eigenvalue weighted by atomic mass is 9.66. The number of rotatable bonds is 5. The highest BCUT2D eigenvalue weighted by Crippen LogP contribution is 2.45. The van der Waals surface area contributed by atoms with E-state index in [1.54, 1.807) is 0 Å². The average Bonchev–Trinajstić information content (AvgIpc) is 2.39. The molecule has 1 atom stereocenters. The summed E-state index contributed by atoms with van der Waals surface area (Å²) in [7, 11) is 0. The van der Waals surface area contributed by atoms with Crippen molar-refractivity contribution in [2.45, 2.75) is 66.7 Å². The van der Waals surface area contributed by atoms with Crippen molar-refractivity contribution in [3.05, 3.63) is 28.8 Å². The van der Waals surface area contributed by atoms with Gasteiger partial charge in [-0.2, -0.15) is 0 Å². The highest BCUT2D eigenvalue weighted by molar-refractivity contribution is 5.53. The van der Waals surface area contributed by atoms with Gasteiger partial charge in [0.2, 0.25) is 0 Å². The molecule has 18 heavy (non-hydrogen) atoms. The third kappa shape index (κ3) is 2.41. The Morgan fingerprint density at radius 3 is 1.94 bits per heavy atom. The quantitative estimate of drug-likeness (QED) is 0.710. The highest BCUT2D eigenvalue weighted by atomic mass is 14.6. The molecule has 0 amide bonds. The Morgan fingerprint density at radius 2 is 1.50 bits per heavy atom. The van der Waals surface area contributed by atoms with Gasteiger partial charge in [-0.25, -0.2) is 0 Å². The van der Waals surface area contributed by atoms with Crippen LogP contribution in [0.5, 0.6) is 0 Å². The van der Waals surface area contributed by atoms with Gasteiger partial charge in [-0.15, -0.1) is 0 Å². The van der Waals surface area contributed by atoms with E-state index in [9.17, 15) is 0 Å². The Kier molecular flexibility index (Phi) is 4.84. The summed E-state index contributed by atoms with van der Waals surface area (Å²) in [6.07, 6.45) is 3.72. The first-order valence-electron chi connectivity index (χ1n) is 7.29. The van der Waals surface area contributed by atoms with Crippen LogP contribution in [0, 0.1) is 19.3 Å². The molecular weight excluding hydrogens is 218 g/mol. The molecule has 1 aromatic rings. The minimum Gasteiger partial charge on any atom is -0.399 e. The average molecular weight is 247 g/mol. The normalized spacial score (nSPS) is 13.7. The van der Waals surface area contributed by atoms with Crippen molar-refractivity contribution in [1.82, 2.24) is 0 Å². The van der Waals surface area contributed by atoms with Gasteiger partial charge in [-0.1, -0.05) is 33.8 Å². The topological polar surface area (TPSA) is 26.0 Å². The molecule has 1 unspecified atom stereocenters. The summed E-state index contributed by atoms with van der Waals surface area (Å²) in [5, 5.41) is 0. The van der Waals surface area contributed by atoms with E-state index in [4.69, 9.17) is 5.73 Å². The van der Waals surface area contributed by atoms with Gasteiger partial charge in [0.1, 0.15) is 0 Å². The van der Waals surface area contributed by atoms with Crippen LogP contribution in [-0.2, 0) is 0 Å². The Balaban J connectivity index is 3.25. The maximum absolute atomic E-state index is 6.00. The fourth-order valence-corrected chi connectivity index (χ4v) is 3.33. The van der Waals surface area contributed by atoms with E-state index in [0.29, 0.717) is 11.3 Å². The van der Waals surface area contributed by atoms with Crippen molar-refractivity contribution in [3.63, 3.8) is 0 Å². The van der Waals surface area contributed by atoms with Gasteiger partial charge in [0.15, 0.2) is 0 Å². The molecular formula is C17H29N. The van der Waals surface area contributed by atoms with Gasteiger partial charge >= 0.3 is 0 Å². The molecule has 0 saturated carbocycles. The first kappa shape index (κ1) is 15.1. The Hall–Kier alpha value is -0.980. The summed E-state index contributed by atoms with van der Waals surface area (Å²) in [6, 6.07) is 4.30. The molecule has 0 radical (unpaired) electrons. The van der Waals surface area contributed by atoms with Crippen LogP contribution in [-0.4, -0.2) is 0 Å². The number of nitrogens with two attached hydrogens (primary N) is 1. The number of anilines is 1. The van der Waals surface area contributed by atoms with Crippen LogP contribution in [0.25, 0.3) is 0 Å². The van der Waals surface area contributed by atoms with Crippen molar-refractivity contribution in [2.75, 3.05) is 5.73 Å². The van der Waals surface area contributed by atoms with Gasteiger partial charge in [-0.05, 0) is 67.2 Å². The molecule has 0 aliphatic heterocycles. The van der Waals surface area contributed by atoms with Crippen LogP contribution in [0.3, 0.4) is 0 Å². The lowest BCUT2D eigenvalue weighted by Crippen LogP contribution is -2.26. The smallest absolute Gasteiger partial charge is 0.0346 e. The van der Waals surface area contributed by atoms with Gasteiger partial charge in [0, 0.05) is 5.69 Å². The molecule has 1 rings (SSSR count).